The minimum Gasteiger partial charge on any atom is -0.389 e. The molecule has 0 fully saturated rings. The van der Waals surface area contributed by atoms with Gasteiger partial charge in [-0.3, -0.25) is 0 Å². The molecule has 0 saturated carbocycles. The Hall–Kier alpha value is -1.69. The van der Waals surface area contributed by atoms with E-state index < -0.39 is 0 Å². The molecule has 6 nitrogen and oxygen atoms in total. The zero-order valence-corrected chi connectivity index (χ0v) is 5.48. The quantitative estimate of drug-likeness (QED) is 0.541. The minimum absolute atomic E-state index is 0.299. The van der Waals surface area contributed by atoms with Crippen LogP contribution in [0.2, 0.25) is 0 Å². The van der Waals surface area contributed by atoms with Gasteiger partial charge < -0.3 is 9.82 Å². The molecule has 2 heterocycles. The summed E-state index contributed by atoms with van der Waals surface area (Å²) in [6, 6.07) is 0. The van der Waals surface area contributed by atoms with Crippen LogP contribution in [0.5, 0.6) is 5.88 Å². The second-order valence-electron chi connectivity index (χ2n) is 1.90. The highest BCUT2D eigenvalue weighted by Gasteiger charge is 2.04. The largest absolute Gasteiger partial charge is 0.389 e. The Morgan fingerprint density at radius 2 is 2.27 bits per heavy atom. The van der Waals surface area contributed by atoms with Gasteiger partial charge in [0.1, 0.15) is 11.8 Å². The van der Waals surface area contributed by atoms with Crippen molar-refractivity contribution in [3.8, 4) is 5.88 Å². The molecule has 11 heavy (non-hydrogen) atoms. The molecule has 0 saturated heterocycles. The lowest BCUT2D eigenvalue weighted by Crippen LogP contribution is -2.04. The maximum atomic E-state index is 4.94. The third kappa shape index (κ3) is 0.802. The highest BCUT2D eigenvalue weighted by atomic mass is 16.6. The van der Waals surface area contributed by atoms with Crippen LogP contribution in [0.15, 0.2) is 12.7 Å². The van der Waals surface area contributed by atoms with Crippen molar-refractivity contribution in [2.24, 2.45) is 5.90 Å². The first kappa shape index (κ1) is 6.05. The molecular formula is C5H5N5O. The number of aromatic nitrogens is 4. The lowest BCUT2D eigenvalue weighted by molar-refractivity contribution is 0.324. The van der Waals surface area contributed by atoms with Crippen molar-refractivity contribution in [3.63, 3.8) is 0 Å². The zero-order chi connectivity index (χ0) is 7.68. The fourth-order valence-corrected chi connectivity index (χ4v) is 0.832. The summed E-state index contributed by atoms with van der Waals surface area (Å²) in [4.78, 5) is 18.8. The monoisotopic (exact) mass is 151 g/mol. The summed E-state index contributed by atoms with van der Waals surface area (Å²) in [6.07, 6.45) is 2.84. The molecule has 0 spiro atoms. The molecule has 56 valence electrons. The van der Waals surface area contributed by atoms with Crippen LogP contribution in [0, 0.1) is 0 Å². The number of nitrogens with zero attached hydrogens (tertiary/aromatic N) is 3. The Kier molecular flexibility index (Phi) is 1.19. The molecule has 3 N–H and O–H groups in total. The van der Waals surface area contributed by atoms with Gasteiger partial charge in [0.15, 0.2) is 5.65 Å². The Labute approximate surface area is 61.4 Å². The first-order chi connectivity index (χ1) is 5.42. The summed E-state index contributed by atoms with van der Waals surface area (Å²) in [6.45, 7) is 0. The fraction of sp³-hybridized carbons (Fsp3) is 0. The summed E-state index contributed by atoms with van der Waals surface area (Å²) in [5, 5.41) is 0. The molecule has 0 aliphatic rings. The highest BCUT2D eigenvalue weighted by Crippen LogP contribution is 2.14. The van der Waals surface area contributed by atoms with Crippen molar-refractivity contribution in [1.82, 2.24) is 19.9 Å². The maximum absolute atomic E-state index is 4.94. The Morgan fingerprint density at radius 3 is 3.09 bits per heavy atom. The number of nitrogens with two attached hydrogens (primary N) is 1. The Balaban J connectivity index is 2.79. The van der Waals surface area contributed by atoms with Gasteiger partial charge in [0.25, 0.3) is 5.88 Å². The van der Waals surface area contributed by atoms with Crippen molar-refractivity contribution in [2.75, 3.05) is 0 Å². The van der Waals surface area contributed by atoms with Crippen LogP contribution in [0.4, 0.5) is 0 Å². The van der Waals surface area contributed by atoms with Crippen LogP contribution >= 0.6 is 0 Å². The summed E-state index contributed by atoms with van der Waals surface area (Å²) < 4.78 is 0. The predicted molar refractivity (Wildman–Crippen MR) is 36.5 cm³/mol. The van der Waals surface area contributed by atoms with Crippen molar-refractivity contribution in [3.05, 3.63) is 12.7 Å². The molecule has 0 amide bonds. The van der Waals surface area contributed by atoms with Gasteiger partial charge in [-0.1, -0.05) is 0 Å². The van der Waals surface area contributed by atoms with E-state index >= 15 is 0 Å². The van der Waals surface area contributed by atoms with E-state index in [9.17, 15) is 0 Å². The Morgan fingerprint density at radius 1 is 1.36 bits per heavy atom. The predicted octanol–water partition coefficient (Wildman–Crippen LogP) is -0.395. The van der Waals surface area contributed by atoms with E-state index in [0.29, 0.717) is 17.0 Å². The van der Waals surface area contributed by atoms with Crippen LogP contribution < -0.4 is 10.7 Å². The van der Waals surface area contributed by atoms with Crippen molar-refractivity contribution in [1.29, 1.82) is 0 Å². The number of nitrogens with one attached hydrogen (secondary N) is 1. The number of fused-ring (bicyclic) bond motifs is 1. The lowest BCUT2D eigenvalue weighted by Gasteiger charge is -1.94. The minimum atomic E-state index is 0.299. The van der Waals surface area contributed by atoms with E-state index in [0.717, 1.165) is 0 Å². The maximum Gasteiger partial charge on any atom is 0.266 e. The SMILES string of the molecule is NOc1ncnc2nc[nH]c12. The normalized spacial score (nSPS) is 10.3. The molecule has 0 bridgehead atoms. The van der Waals surface area contributed by atoms with Gasteiger partial charge in [0.2, 0.25) is 0 Å². The smallest absolute Gasteiger partial charge is 0.266 e. The average Bonchev–Trinajstić information content (AvgIpc) is 2.50. The summed E-state index contributed by atoms with van der Waals surface area (Å²) in [5.41, 5.74) is 1.15. The van der Waals surface area contributed by atoms with Crippen molar-refractivity contribution >= 4 is 11.2 Å². The molecular weight excluding hydrogens is 146 g/mol. The molecule has 0 atom stereocenters. The number of aromatic amines is 1. The molecule has 0 aliphatic heterocycles. The van der Waals surface area contributed by atoms with Gasteiger partial charge in [-0.15, -0.1) is 0 Å². The van der Waals surface area contributed by atoms with Crippen LogP contribution in [0.3, 0.4) is 0 Å². The van der Waals surface area contributed by atoms with E-state index in [1.807, 2.05) is 0 Å². The van der Waals surface area contributed by atoms with Crippen LogP contribution in [0.1, 0.15) is 0 Å². The van der Waals surface area contributed by atoms with E-state index in [1.165, 1.54) is 12.7 Å². The van der Waals surface area contributed by atoms with Crippen LogP contribution in [-0.2, 0) is 0 Å². The van der Waals surface area contributed by atoms with Gasteiger partial charge in [-0.05, 0) is 0 Å². The second kappa shape index (κ2) is 2.17. The Bertz CT molecular complexity index is 370. The summed E-state index contributed by atoms with van der Waals surface area (Å²) in [5.74, 6) is 5.24. The number of H-pyrrole nitrogens is 1. The van der Waals surface area contributed by atoms with Crippen molar-refractivity contribution < 1.29 is 4.84 Å². The molecule has 0 radical (unpaired) electrons. The third-order valence-corrected chi connectivity index (χ3v) is 1.30. The van der Waals surface area contributed by atoms with E-state index in [2.05, 4.69) is 24.8 Å². The van der Waals surface area contributed by atoms with Gasteiger partial charge in [0.05, 0.1) is 6.33 Å². The van der Waals surface area contributed by atoms with Gasteiger partial charge in [0, 0.05) is 0 Å². The first-order valence-electron chi connectivity index (χ1n) is 2.92. The molecule has 6 heteroatoms. The molecule has 2 rings (SSSR count). The third-order valence-electron chi connectivity index (χ3n) is 1.30. The molecule has 2 aromatic rings. The first-order valence-corrected chi connectivity index (χ1v) is 2.92. The van der Waals surface area contributed by atoms with E-state index in [-0.39, 0.29) is 0 Å². The fourth-order valence-electron chi connectivity index (χ4n) is 0.832. The van der Waals surface area contributed by atoms with E-state index in [4.69, 9.17) is 5.90 Å². The average molecular weight is 151 g/mol. The zero-order valence-electron chi connectivity index (χ0n) is 5.48. The van der Waals surface area contributed by atoms with Gasteiger partial charge in [-0.2, -0.15) is 10.9 Å². The van der Waals surface area contributed by atoms with Crippen molar-refractivity contribution in [2.45, 2.75) is 0 Å². The number of hydrogen-bond acceptors (Lipinski definition) is 5. The second-order valence-corrected chi connectivity index (χ2v) is 1.90. The van der Waals surface area contributed by atoms with Crippen LogP contribution in [-0.4, -0.2) is 19.9 Å². The molecule has 0 aliphatic carbocycles. The number of hydrogen-bond donors (Lipinski definition) is 2. The lowest BCUT2D eigenvalue weighted by atomic mass is 10.5. The standard InChI is InChI=1S/C5H5N5O/c6-11-5-3-4(8-1-7-3)9-2-10-5/h1-2H,6H2,(H,7,8,9,10). The molecule has 2 aromatic heterocycles. The number of imidazole rings is 1. The topological polar surface area (TPSA) is 89.7 Å². The van der Waals surface area contributed by atoms with E-state index in [1.54, 1.807) is 0 Å². The summed E-state index contributed by atoms with van der Waals surface area (Å²) in [7, 11) is 0. The van der Waals surface area contributed by atoms with Crippen LogP contribution in [0.25, 0.3) is 11.2 Å². The summed E-state index contributed by atoms with van der Waals surface area (Å²) >= 11 is 0. The molecule has 0 aromatic carbocycles. The number of rotatable bonds is 1. The van der Waals surface area contributed by atoms with Gasteiger partial charge in [-0.25, -0.2) is 9.97 Å². The van der Waals surface area contributed by atoms with Gasteiger partial charge >= 0.3 is 0 Å². The highest BCUT2D eigenvalue weighted by molar-refractivity contribution is 5.74. The molecule has 0 unspecified atom stereocenters.